The third kappa shape index (κ3) is 11.0. The molecule has 9 heteroatoms. The summed E-state index contributed by atoms with van der Waals surface area (Å²) < 4.78 is 10.1. The average Bonchev–Trinajstić information content (AvgIpc) is 2.82. The van der Waals surface area contributed by atoms with E-state index in [0.29, 0.717) is 37.4 Å². The van der Waals surface area contributed by atoms with Gasteiger partial charge in [0.2, 0.25) is 5.91 Å². The summed E-state index contributed by atoms with van der Waals surface area (Å²) in [5.41, 5.74) is 2.23. The second kappa shape index (κ2) is 15.5. The van der Waals surface area contributed by atoms with Crippen LogP contribution in [0.15, 0.2) is 54.6 Å². The number of carbonyl (C=O) groups is 3. The molecule has 8 nitrogen and oxygen atoms in total. The topological polar surface area (TPSA) is 106 Å². The summed E-state index contributed by atoms with van der Waals surface area (Å²) >= 11 is 5.17. The van der Waals surface area contributed by atoms with Crippen LogP contribution in [0.25, 0.3) is 0 Å². The molecule has 182 valence electrons. The molecule has 0 aromatic heterocycles. The molecule has 0 aliphatic carbocycles. The molecular weight excluding hydrogens is 454 g/mol. The zero-order chi connectivity index (χ0) is 24.6. The molecule has 0 saturated heterocycles. The van der Waals surface area contributed by atoms with E-state index in [2.05, 4.69) is 16.0 Å². The lowest BCUT2D eigenvalue weighted by atomic mass is 10.1. The summed E-state index contributed by atoms with van der Waals surface area (Å²) in [6, 6.07) is 16.8. The summed E-state index contributed by atoms with van der Waals surface area (Å²) in [5, 5.41) is 8.31. The van der Waals surface area contributed by atoms with Gasteiger partial charge >= 0.3 is 5.97 Å². The Kier molecular flexibility index (Phi) is 12.3. The molecule has 2 aromatic rings. The normalized spacial score (nSPS) is 10.3. The van der Waals surface area contributed by atoms with Crippen molar-refractivity contribution in [3.8, 4) is 0 Å². The van der Waals surface area contributed by atoms with Gasteiger partial charge in [0.05, 0.1) is 13.2 Å². The molecule has 0 bridgehead atoms. The fourth-order valence-electron chi connectivity index (χ4n) is 3.03. The van der Waals surface area contributed by atoms with E-state index in [4.69, 9.17) is 21.7 Å². The number of hydrogen-bond acceptors (Lipinski definition) is 6. The highest BCUT2D eigenvalue weighted by Gasteiger charge is 2.10. The van der Waals surface area contributed by atoms with Crippen molar-refractivity contribution in [2.75, 3.05) is 32.2 Å². The summed E-state index contributed by atoms with van der Waals surface area (Å²) in [6.07, 6.45) is 2.28. The number of methoxy groups -OCH3 is 1. The van der Waals surface area contributed by atoms with E-state index in [9.17, 15) is 14.4 Å². The maximum Gasteiger partial charge on any atom is 0.305 e. The van der Waals surface area contributed by atoms with Crippen molar-refractivity contribution < 1.29 is 23.9 Å². The molecule has 0 fully saturated rings. The number of nitrogens with one attached hydrogen (secondary N) is 3. The zero-order valence-electron chi connectivity index (χ0n) is 19.3. The van der Waals surface area contributed by atoms with Gasteiger partial charge in [0.15, 0.2) is 5.11 Å². The van der Waals surface area contributed by atoms with Gasteiger partial charge in [-0.2, -0.15) is 0 Å². The number of carbonyl (C=O) groups excluding carboxylic acids is 3. The number of aryl methyl sites for hydroxylation is 1. The summed E-state index contributed by atoms with van der Waals surface area (Å²) in [5.74, 6) is -0.854. The van der Waals surface area contributed by atoms with Gasteiger partial charge in [-0.15, -0.1) is 0 Å². The summed E-state index contributed by atoms with van der Waals surface area (Å²) in [7, 11) is 1.56. The van der Waals surface area contributed by atoms with Gasteiger partial charge in [-0.25, -0.2) is 0 Å². The minimum absolute atomic E-state index is 0.116. The molecule has 0 radical (unpaired) electrons. The van der Waals surface area contributed by atoms with Gasteiger partial charge < -0.3 is 25.4 Å². The first kappa shape index (κ1) is 26.9. The fourth-order valence-corrected chi connectivity index (χ4v) is 3.26. The highest BCUT2D eigenvalue weighted by atomic mass is 32.1. The van der Waals surface area contributed by atoms with Crippen LogP contribution in [0.3, 0.4) is 0 Å². The van der Waals surface area contributed by atoms with Gasteiger partial charge in [0.1, 0.15) is 0 Å². The highest BCUT2D eigenvalue weighted by molar-refractivity contribution is 7.80. The van der Waals surface area contributed by atoms with Crippen molar-refractivity contribution in [1.82, 2.24) is 10.6 Å². The fraction of sp³-hybridized carbons (Fsp3) is 0.360. The van der Waals surface area contributed by atoms with Crippen LogP contribution in [0.2, 0.25) is 0 Å². The van der Waals surface area contributed by atoms with Gasteiger partial charge in [0, 0.05) is 37.7 Å². The van der Waals surface area contributed by atoms with Crippen molar-refractivity contribution in [2.45, 2.75) is 32.1 Å². The van der Waals surface area contributed by atoms with Crippen molar-refractivity contribution in [3.63, 3.8) is 0 Å². The lowest BCUT2D eigenvalue weighted by molar-refractivity contribution is -0.143. The van der Waals surface area contributed by atoms with Gasteiger partial charge in [-0.05, 0) is 55.2 Å². The first-order chi connectivity index (χ1) is 16.5. The van der Waals surface area contributed by atoms with E-state index >= 15 is 0 Å². The van der Waals surface area contributed by atoms with E-state index in [1.54, 1.807) is 31.4 Å². The molecule has 0 aliphatic heterocycles. The molecule has 0 unspecified atom stereocenters. The maximum atomic E-state index is 12.1. The molecule has 0 heterocycles. The third-order valence-electron chi connectivity index (χ3n) is 4.73. The quantitative estimate of drug-likeness (QED) is 0.227. The van der Waals surface area contributed by atoms with Gasteiger partial charge in [0.25, 0.3) is 5.91 Å². The standard InChI is InChI=1S/C25H31N3O5S/c1-32-17-15-26-24(31)20-11-5-12-21(18-20)27-25(34)28-22(29)13-6-14-23(30)33-16-7-10-19-8-3-2-4-9-19/h2-5,8-9,11-12,18H,6-7,10,13-17H2,1H3,(H,26,31)(H2,27,28,29,34). The van der Waals surface area contributed by atoms with E-state index in [1.807, 2.05) is 30.3 Å². The minimum Gasteiger partial charge on any atom is -0.466 e. The Morgan fingerprint density at radius 2 is 1.74 bits per heavy atom. The minimum atomic E-state index is -0.317. The molecule has 0 saturated carbocycles. The first-order valence-corrected chi connectivity index (χ1v) is 11.6. The van der Waals surface area contributed by atoms with E-state index in [1.165, 1.54) is 5.56 Å². The molecule has 34 heavy (non-hydrogen) atoms. The van der Waals surface area contributed by atoms with Crippen LogP contribution >= 0.6 is 12.2 Å². The van der Waals surface area contributed by atoms with Gasteiger partial charge in [-0.1, -0.05) is 36.4 Å². The Morgan fingerprint density at radius 1 is 0.941 bits per heavy atom. The first-order valence-electron chi connectivity index (χ1n) is 11.2. The lowest BCUT2D eigenvalue weighted by Gasteiger charge is -2.11. The Morgan fingerprint density at radius 3 is 2.50 bits per heavy atom. The monoisotopic (exact) mass is 485 g/mol. The van der Waals surface area contributed by atoms with Crippen LogP contribution in [0.4, 0.5) is 5.69 Å². The second-order valence-corrected chi connectivity index (χ2v) is 7.90. The van der Waals surface area contributed by atoms with Crippen molar-refractivity contribution in [1.29, 1.82) is 0 Å². The number of rotatable bonds is 13. The van der Waals surface area contributed by atoms with Gasteiger partial charge in [-0.3, -0.25) is 14.4 Å². The molecular formula is C25H31N3O5S. The molecule has 2 aromatic carbocycles. The molecule has 0 aliphatic rings. The summed E-state index contributed by atoms with van der Waals surface area (Å²) in [6.45, 7) is 1.19. The number of amides is 2. The Balaban J connectivity index is 1.61. The molecule has 0 atom stereocenters. The number of hydrogen-bond donors (Lipinski definition) is 3. The highest BCUT2D eigenvalue weighted by Crippen LogP contribution is 2.11. The number of anilines is 1. The largest absolute Gasteiger partial charge is 0.466 e. The lowest BCUT2D eigenvalue weighted by Crippen LogP contribution is -2.34. The van der Waals surface area contributed by atoms with Crippen LogP contribution in [-0.2, 0) is 25.5 Å². The Hall–Kier alpha value is -3.30. The number of benzene rings is 2. The number of esters is 1. The van der Waals surface area contributed by atoms with E-state index in [-0.39, 0.29) is 35.7 Å². The predicted octanol–water partition coefficient (Wildman–Crippen LogP) is 3.22. The van der Waals surface area contributed by atoms with Crippen LogP contribution in [-0.4, -0.2) is 49.8 Å². The third-order valence-corrected chi connectivity index (χ3v) is 4.93. The molecule has 2 rings (SSSR count). The maximum absolute atomic E-state index is 12.1. The van der Waals surface area contributed by atoms with Crippen molar-refractivity contribution in [3.05, 3.63) is 65.7 Å². The van der Waals surface area contributed by atoms with Crippen LogP contribution in [0.1, 0.15) is 41.6 Å². The molecule has 3 N–H and O–H groups in total. The van der Waals surface area contributed by atoms with Crippen molar-refractivity contribution in [2.24, 2.45) is 0 Å². The van der Waals surface area contributed by atoms with Crippen LogP contribution < -0.4 is 16.0 Å². The van der Waals surface area contributed by atoms with Crippen LogP contribution in [0.5, 0.6) is 0 Å². The summed E-state index contributed by atoms with van der Waals surface area (Å²) in [4.78, 5) is 36.1. The number of thiocarbonyl (C=S) groups is 1. The van der Waals surface area contributed by atoms with Crippen molar-refractivity contribution >= 4 is 40.8 Å². The zero-order valence-corrected chi connectivity index (χ0v) is 20.1. The van der Waals surface area contributed by atoms with E-state index < -0.39 is 0 Å². The van der Waals surface area contributed by atoms with Crippen LogP contribution in [0, 0.1) is 0 Å². The molecule has 0 spiro atoms. The Labute approximate surface area is 205 Å². The average molecular weight is 486 g/mol. The SMILES string of the molecule is COCCNC(=O)c1cccc(NC(=S)NC(=O)CCCC(=O)OCCCc2ccccc2)c1. The van der Waals surface area contributed by atoms with E-state index in [0.717, 1.165) is 12.8 Å². The molecule has 2 amide bonds. The predicted molar refractivity (Wildman–Crippen MR) is 135 cm³/mol. The number of ether oxygens (including phenoxy) is 2. The second-order valence-electron chi connectivity index (χ2n) is 7.49. The smallest absolute Gasteiger partial charge is 0.305 e. The Bertz CT molecular complexity index is 953.